The highest BCUT2D eigenvalue weighted by Gasteiger charge is 2.41. The smallest absolute Gasteiger partial charge is 0.177 e. The molecule has 4 nitrogen and oxygen atoms in total. The first-order valence-corrected chi connectivity index (χ1v) is 18.6. The lowest BCUT2D eigenvalue weighted by molar-refractivity contribution is 0.359. The van der Waals surface area contributed by atoms with Crippen molar-refractivity contribution < 1.29 is 9.47 Å². The number of benzene rings is 4. The van der Waals surface area contributed by atoms with E-state index in [9.17, 15) is 0 Å². The normalized spacial score (nSPS) is 16.2. The first-order valence-electron chi connectivity index (χ1n) is 18.6. The molecule has 6 aromatic rings. The van der Waals surface area contributed by atoms with Crippen molar-refractivity contribution in [2.24, 2.45) is 0 Å². The number of nitrogens with zero attached hydrogens (tertiary/aromatic N) is 2. The van der Waals surface area contributed by atoms with Gasteiger partial charge in [0, 0.05) is 39.4 Å². The Morgan fingerprint density at radius 3 is 2.09 bits per heavy atom. The van der Waals surface area contributed by atoms with Crippen LogP contribution in [-0.4, -0.2) is 9.97 Å². The van der Waals surface area contributed by atoms with Gasteiger partial charge in [-0.15, -0.1) is 0 Å². The number of rotatable bonds is 5. The largest absolute Gasteiger partial charge is 0.449 e. The average molecular weight is 687 g/mol. The zero-order valence-electron chi connectivity index (χ0n) is 29.9. The lowest BCUT2D eigenvalue weighted by atomic mass is 9.80. The molecule has 2 aromatic heterocycles. The van der Waals surface area contributed by atoms with Crippen LogP contribution in [0.4, 0.5) is 0 Å². The Hall–Kier alpha value is -6.26. The molecule has 0 fully saturated rings. The number of hydrogen-bond donors (Lipinski definition) is 0. The van der Waals surface area contributed by atoms with Crippen molar-refractivity contribution >= 4 is 11.1 Å². The van der Waals surface area contributed by atoms with Gasteiger partial charge < -0.3 is 9.47 Å². The minimum Gasteiger partial charge on any atom is -0.449 e. The van der Waals surface area contributed by atoms with E-state index in [2.05, 4.69) is 128 Å². The third-order valence-corrected chi connectivity index (χ3v) is 11.1. The van der Waals surface area contributed by atoms with Gasteiger partial charge in [-0.1, -0.05) is 105 Å². The van der Waals surface area contributed by atoms with Crippen LogP contribution in [0.15, 0.2) is 151 Å². The Bertz CT molecular complexity index is 2590. The molecule has 3 aliphatic carbocycles. The number of hydrogen-bond acceptors (Lipinski definition) is 4. The van der Waals surface area contributed by atoms with Crippen molar-refractivity contribution in [2.45, 2.75) is 44.9 Å². The maximum Gasteiger partial charge on any atom is 0.177 e. The van der Waals surface area contributed by atoms with Gasteiger partial charge in [0.15, 0.2) is 23.0 Å². The lowest BCUT2D eigenvalue weighted by Crippen LogP contribution is -2.16. The summed E-state index contributed by atoms with van der Waals surface area (Å²) >= 11 is 0. The van der Waals surface area contributed by atoms with Gasteiger partial charge >= 0.3 is 0 Å². The van der Waals surface area contributed by atoms with Crippen molar-refractivity contribution in [3.8, 4) is 67.9 Å². The monoisotopic (exact) mass is 686 g/mol. The van der Waals surface area contributed by atoms with Gasteiger partial charge in [-0.05, 0) is 108 Å². The van der Waals surface area contributed by atoms with E-state index in [1.54, 1.807) is 0 Å². The molecule has 0 amide bonds. The first-order chi connectivity index (χ1) is 26.0. The predicted molar refractivity (Wildman–Crippen MR) is 215 cm³/mol. The average Bonchev–Trinajstić information content (AvgIpc) is 3.46. The Labute approximate surface area is 310 Å². The van der Waals surface area contributed by atoms with Crippen molar-refractivity contribution in [1.82, 2.24) is 9.97 Å². The molecule has 4 aromatic carbocycles. The fourth-order valence-corrected chi connectivity index (χ4v) is 8.41. The first kappa shape index (κ1) is 31.5. The zero-order chi connectivity index (χ0) is 35.5. The van der Waals surface area contributed by atoms with Crippen molar-refractivity contribution in [1.29, 1.82) is 0 Å². The molecule has 0 unspecified atom stereocenters. The molecule has 0 spiro atoms. The second kappa shape index (κ2) is 12.5. The Balaban J connectivity index is 1.07. The van der Waals surface area contributed by atoms with E-state index >= 15 is 0 Å². The number of allylic oxidation sites excluding steroid dienone is 8. The summed E-state index contributed by atoms with van der Waals surface area (Å²) < 4.78 is 13.6. The molecule has 0 atom stereocenters. The second-order valence-electron chi connectivity index (χ2n) is 14.8. The molecule has 0 bridgehead atoms. The van der Waals surface area contributed by atoms with Crippen LogP contribution in [0, 0.1) is 0 Å². The molecule has 256 valence electrons. The van der Waals surface area contributed by atoms with E-state index in [1.807, 2.05) is 36.5 Å². The number of ether oxygens (including phenoxy) is 2. The van der Waals surface area contributed by atoms with Crippen LogP contribution in [0.3, 0.4) is 0 Å². The Morgan fingerprint density at radius 1 is 0.585 bits per heavy atom. The third kappa shape index (κ3) is 5.36. The van der Waals surface area contributed by atoms with Crippen LogP contribution in [-0.2, 0) is 5.41 Å². The topological polar surface area (TPSA) is 44.2 Å². The highest BCUT2D eigenvalue weighted by Crippen LogP contribution is 2.59. The minimum atomic E-state index is -0.0856. The maximum atomic E-state index is 7.00. The highest BCUT2D eigenvalue weighted by molar-refractivity contribution is 5.89. The van der Waals surface area contributed by atoms with Gasteiger partial charge in [-0.25, -0.2) is 4.98 Å². The molecule has 53 heavy (non-hydrogen) atoms. The SMILES string of the molecule is CC1(C)C2=C(CCC=C2)c2c1ccc1c2Oc2c(cccc2-c2cccc(-c3cc(C4=CCCC=C4)cc(-c4cccc(-c5ccccn5)c4)n3)c2)O1. The van der Waals surface area contributed by atoms with E-state index in [1.165, 1.54) is 27.8 Å². The summed E-state index contributed by atoms with van der Waals surface area (Å²) in [6.07, 6.45) is 17.4. The van der Waals surface area contributed by atoms with Crippen molar-refractivity contribution in [3.05, 3.63) is 168 Å². The molecule has 4 heteroatoms. The van der Waals surface area contributed by atoms with Gasteiger partial charge in [0.2, 0.25) is 0 Å². The standard InChI is InChI=1S/C49H38N2O2/c1-49(2)39-21-7-6-19-38(39)46-40(49)24-25-45-48(46)53-47-37(20-12-23-44(47)52-45)32-15-10-17-34(27-32)42-29-36(31-13-4-3-5-14-31)30-43(51-42)35-18-11-16-33(28-35)41-22-8-9-26-50-41/h4,7-18,20-30H,3,5-6,19H2,1-2H3. The number of aromatic nitrogens is 2. The van der Waals surface area contributed by atoms with Crippen LogP contribution in [0.1, 0.15) is 56.2 Å². The highest BCUT2D eigenvalue weighted by atomic mass is 16.6. The summed E-state index contributed by atoms with van der Waals surface area (Å²) in [5, 5.41) is 0. The number of pyridine rings is 2. The fraction of sp³-hybridized carbons (Fsp3) is 0.143. The minimum absolute atomic E-state index is 0.0856. The summed E-state index contributed by atoms with van der Waals surface area (Å²) in [6, 6.07) is 38.1. The summed E-state index contributed by atoms with van der Waals surface area (Å²) in [6.45, 7) is 4.63. The molecule has 1 aliphatic heterocycles. The molecular formula is C49H38N2O2. The molecular weight excluding hydrogens is 649 g/mol. The van der Waals surface area contributed by atoms with E-state index < -0.39 is 0 Å². The zero-order valence-corrected chi connectivity index (χ0v) is 29.9. The van der Waals surface area contributed by atoms with Crippen LogP contribution in [0.25, 0.3) is 56.0 Å². The summed E-state index contributed by atoms with van der Waals surface area (Å²) in [4.78, 5) is 9.91. The van der Waals surface area contributed by atoms with Crippen LogP contribution in [0.2, 0.25) is 0 Å². The fourth-order valence-electron chi connectivity index (χ4n) is 8.41. The molecule has 4 aliphatic rings. The van der Waals surface area contributed by atoms with Gasteiger partial charge in [-0.2, -0.15) is 0 Å². The van der Waals surface area contributed by atoms with Gasteiger partial charge in [0.1, 0.15) is 0 Å². The summed E-state index contributed by atoms with van der Waals surface area (Å²) in [7, 11) is 0. The van der Waals surface area contributed by atoms with Gasteiger partial charge in [0.05, 0.1) is 17.1 Å². The van der Waals surface area contributed by atoms with E-state index in [0.29, 0.717) is 0 Å². The van der Waals surface area contributed by atoms with Crippen LogP contribution < -0.4 is 9.47 Å². The Morgan fingerprint density at radius 2 is 1.32 bits per heavy atom. The molecule has 0 saturated carbocycles. The van der Waals surface area contributed by atoms with Crippen LogP contribution >= 0.6 is 0 Å². The van der Waals surface area contributed by atoms with E-state index in [0.717, 1.165) is 99.1 Å². The molecule has 3 heterocycles. The molecule has 0 radical (unpaired) electrons. The van der Waals surface area contributed by atoms with E-state index in [-0.39, 0.29) is 5.41 Å². The number of fused-ring (bicyclic) bond motifs is 5. The van der Waals surface area contributed by atoms with Gasteiger partial charge in [-0.3, -0.25) is 4.98 Å². The molecule has 0 N–H and O–H groups in total. The quantitative estimate of drug-likeness (QED) is 0.181. The maximum absolute atomic E-state index is 7.00. The summed E-state index contributed by atoms with van der Waals surface area (Å²) in [5.41, 5.74) is 15.5. The lowest BCUT2D eigenvalue weighted by Gasteiger charge is -2.27. The molecule has 10 rings (SSSR count). The predicted octanol–water partition coefficient (Wildman–Crippen LogP) is 13.2. The third-order valence-electron chi connectivity index (χ3n) is 11.1. The van der Waals surface area contributed by atoms with Crippen molar-refractivity contribution in [2.75, 3.05) is 0 Å². The number of para-hydroxylation sites is 1. The second-order valence-corrected chi connectivity index (χ2v) is 14.8. The van der Waals surface area contributed by atoms with Gasteiger partial charge in [0.25, 0.3) is 0 Å². The Kier molecular flexibility index (Phi) is 7.40. The summed E-state index contributed by atoms with van der Waals surface area (Å²) in [5.74, 6) is 3.07. The van der Waals surface area contributed by atoms with E-state index in [4.69, 9.17) is 14.5 Å². The van der Waals surface area contributed by atoms with Crippen molar-refractivity contribution in [3.63, 3.8) is 0 Å². The molecule has 0 saturated heterocycles. The van der Waals surface area contributed by atoms with Crippen LogP contribution in [0.5, 0.6) is 23.0 Å².